The summed E-state index contributed by atoms with van der Waals surface area (Å²) in [7, 11) is -3.50. The van der Waals surface area contributed by atoms with Gasteiger partial charge in [-0.1, -0.05) is 26.7 Å². The number of hydrogen-bond donors (Lipinski definition) is 1. The van der Waals surface area contributed by atoms with Gasteiger partial charge >= 0.3 is 0 Å². The first-order valence-electron chi connectivity index (χ1n) is 7.38. The molecule has 1 amide bonds. The Morgan fingerprint density at radius 3 is 2.16 bits per heavy atom. The van der Waals surface area contributed by atoms with Crippen LogP contribution in [0.3, 0.4) is 0 Å². The summed E-state index contributed by atoms with van der Waals surface area (Å²) in [4.78, 5) is 12.1. The van der Waals surface area contributed by atoms with Crippen LogP contribution in [0.4, 0.5) is 0 Å². The number of sulfonamides is 1. The molecule has 2 fully saturated rings. The van der Waals surface area contributed by atoms with Gasteiger partial charge in [-0.25, -0.2) is 8.42 Å². The lowest BCUT2D eigenvalue weighted by atomic mass is 10.0. The van der Waals surface area contributed by atoms with Gasteiger partial charge in [0.2, 0.25) is 15.9 Å². The van der Waals surface area contributed by atoms with Gasteiger partial charge in [0.05, 0.1) is 5.25 Å². The van der Waals surface area contributed by atoms with Crippen molar-refractivity contribution in [1.29, 1.82) is 0 Å². The van der Waals surface area contributed by atoms with Crippen LogP contribution in [0.25, 0.3) is 0 Å². The Labute approximate surface area is 116 Å². The first-order chi connectivity index (χ1) is 8.83. The quantitative estimate of drug-likeness (QED) is 0.844. The van der Waals surface area contributed by atoms with Gasteiger partial charge in [-0.15, -0.1) is 0 Å². The highest BCUT2D eigenvalue weighted by molar-refractivity contribution is 7.90. The van der Waals surface area contributed by atoms with E-state index in [1.54, 1.807) is 6.92 Å². The van der Waals surface area contributed by atoms with Gasteiger partial charge in [0, 0.05) is 5.92 Å². The lowest BCUT2D eigenvalue weighted by molar-refractivity contribution is -0.121. The monoisotopic (exact) mass is 287 g/mol. The van der Waals surface area contributed by atoms with Crippen molar-refractivity contribution in [3.8, 4) is 0 Å². The fourth-order valence-corrected chi connectivity index (χ4v) is 4.74. The molecule has 1 N–H and O–H groups in total. The molecule has 0 radical (unpaired) electrons. The second kappa shape index (κ2) is 5.43. The van der Waals surface area contributed by atoms with E-state index in [1.165, 1.54) is 12.8 Å². The van der Waals surface area contributed by atoms with Gasteiger partial charge in [-0.05, 0) is 43.9 Å². The molecule has 0 aliphatic heterocycles. The normalized spacial score (nSPS) is 31.7. The van der Waals surface area contributed by atoms with Crippen LogP contribution >= 0.6 is 0 Å². The number of hydrogen-bond acceptors (Lipinski definition) is 3. The van der Waals surface area contributed by atoms with Crippen molar-refractivity contribution in [1.82, 2.24) is 4.72 Å². The average Bonchev–Trinajstić information content (AvgIpc) is 3.01. The van der Waals surface area contributed by atoms with E-state index in [1.807, 2.05) is 13.8 Å². The zero-order valence-corrected chi connectivity index (χ0v) is 12.9. The Morgan fingerprint density at radius 2 is 1.68 bits per heavy atom. The summed E-state index contributed by atoms with van der Waals surface area (Å²) in [5.41, 5.74) is 0. The van der Waals surface area contributed by atoms with Crippen LogP contribution in [0.2, 0.25) is 0 Å². The van der Waals surface area contributed by atoms with Gasteiger partial charge in [0.25, 0.3) is 0 Å². The van der Waals surface area contributed by atoms with Crippen molar-refractivity contribution < 1.29 is 13.2 Å². The molecule has 2 saturated carbocycles. The van der Waals surface area contributed by atoms with Crippen LogP contribution in [0, 0.1) is 23.7 Å². The number of rotatable bonds is 5. The van der Waals surface area contributed by atoms with E-state index in [0.29, 0.717) is 24.2 Å². The Hall–Kier alpha value is -0.580. The van der Waals surface area contributed by atoms with E-state index in [9.17, 15) is 13.2 Å². The molecular formula is C14H25NO3S. The minimum absolute atomic E-state index is 0.0384. The first kappa shape index (κ1) is 14.8. The highest BCUT2D eigenvalue weighted by Gasteiger charge is 2.55. The van der Waals surface area contributed by atoms with Crippen molar-refractivity contribution >= 4 is 15.9 Å². The van der Waals surface area contributed by atoms with Crippen molar-refractivity contribution in [2.45, 2.75) is 58.1 Å². The first-order valence-corrected chi connectivity index (χ1v) is 8.93. The Kier molecular flexibility index (Phi) is 4.23. The Balaban J connectivity index is 1.91. The zero-order valence-electron chi connectivity index (χ0n) is 12.1. The fourth-order valence-electron chi connectivity index (χ4n) is 3.48. The van der Waals surface area contributed by atoms with Gasteiger partial charge < -0.3 is 0 Å². The summed E-state index contributed by atoms with van der Waals surface area (Å²) in [5.74, 6) is 0.912. The third-order valence-electron chi connectivity index (χ3n) is 4.54. The highest BCUT2D eigenvalue weighted by Crippen LogP contribution is 2.55. The third kappa shape index (κ3) is 3.30. The smallest absolute Gasteiger partial charge is 0.237 e. The molecule has 5 heteroatoms. The standard InChI is InChI=1S/C14H25NO3S/c1-9(2)8-10(3)19(17,18)15-14(16)13-11-6-4-5-7-12(11)13/h9-13H,4-8H2,1-3H3,(H,15,16)/t10-,11-,12-/m0/s1. The molecule has 0 spiro atoms. The van der Waals surface area contributed by atoms with Crippen LogP contribution in [-0.4, -0.2) is 19.6 Å². The molecule has 110 valence electrons. The SMILES string of the molecule is CC(C)C[C@H](C)S(=O)(=O)NC(=O)C1[C@H]2CCCC[C@H]12. The van der Waals surface area contributed by atoms with E-state index in [2.05, 4.69) is 4.72 Å². The maximum atomic E-state index is 12.1. The molecule has 0 aromatic rings. The lowest BCUT2D eigenvalue weighted by Gasteiger charge is -2.15. The summed E-state index contributed by atoms with van der Waals surface area (Å²) >= 11 is 0. The molecular weight excluding hydrogens is 262 g/mol. The molecule has 4 nitrogen and oxygen atoms in total. The van der Waals surface area contributed by atoms with E-state index in [0.717, 1.165) is 12.8 Å². The molecule has 3 atom stereocenters. The van der Waals surface area contributed by atoms with Crippen LogP contribution in [0.15, 0.2) is 0 Å². The van der Waals surface area contributed by atoms with Gasteiger partial charge in [-0.3, -0.25) is 9.52 Å². The molecule has 0 unspecified atom stereocenters. The Morgan fingerprint density at radius 1 is 1.16 bits per heavy atom. The Bertz CT molecular complexity index is 432. The predicted molar refractivity (Wildman–Crippen MR) is 74.9 cm³/mol. The van der Waals surface area contributed by atoms with Crippen molar-refractivity contribution in [2.24, 2.45) is 23.7 Å². The average molecular weight is 287 g/mol. The van der Waals surface area contributed by atoms with E-state index in [4.69, 9.17) is 0 Å². The molecule has 2 aliphatic carbocycles. The summed E-state index contributed by atoms with van der Waals surface area (Å²) in [6.45, 7) is 5.65. The van der Waals surface area contributed by atoms with Crippen molar-refractivity contribution in [2.75, 3.05) is 0 Å². The largest absolute Gasteiger partial charge is 0.274 e. The molecule has 2 rings (SSSR count). The number of carbonyl (C=O) groups excluding carboxylic acids is 1. The van der Waals surface area contributed by atoms with Gasteiger partial charge in [0.15, 0.2) is 0 Å². The number of carbonyl (C=O) groups is 1. The van der Waals surface area contributed by atoms with Crippen molar-refractivity contribution in [3.63, 3.8) is 0 Å². The topological polar surface area (TPSA) is 63.2 Å². The molecule has 2 aliphatic rings. The van der Waals surface area contributed by atoms with Gasteiger partial charge in [-0.2, -0.15) is 0 Å². The molecule has 0 heterocycles. The van der Waals surface area contributed by atoms with Crippen LogP contribution in [-0.2, 0) is 14.8 Å². The van der Waals surface area contributed by atoms with E-state index >= 15 is 0 Å². The molecule has 19 heavy (non-hydrogen) atoms. The van der Waals surface area contributed by atoms with Crippen LogP contribution in [0.1, 0.15) is 52.9 Å². The minimum Gasteiger partial charge on any atom is -0.274 e. The maximum Gasteiger partial charge on any atom is 0.237 e. The maximum absolute atomic E-state index is 12.1. The highest BCUT2D eigenvalue weighted by atomic mass is 32.2. The summed E-state index contributed by atoms with van der Waals surface area (Å²) in [5, 5.41) is -0.503. The number of nitrogens with one attached hydrogen (secondary N) is 1. The molecule has 0 aromatic carbocycles. The molecule has 0 saturated heterocycles. The minimum atomic E-state index is -3.50. The van der Waals surface area contributed by atoms with Crippen LogP contribution in [0.5, 0.6) is 0 Å². The zero-order chi connectivity index (χ0) is 14.2. The lowest BCUT2D eigenvalue weighted by Crippen LogP contribution is -2.38. The fraction of sp³-hybridized carbons (Fsp3) is 0.929. The van der Waals surface area contributed by atoms with Gasteiger partial charge in [0.1, 0.15) is 0 Å². The van der Waals surface area contributed by atoms with E-state index in [-0.39, 0.29) is 11.8 Å². The van der Waals surface area contributed by atoms with Crippen LogP contribution < -0.4 is 4.72 Å². The summed E-state index contributed by atoms with van der Waals surface area (Å²) in [6, 6.07) is 0. The number of fused-ring (bicyclic) bond motifs is 1. The second-order valence-corrected chi connectivity index (χ2v) is 8.69. The number of amides is 1. The second-order valence-electron chi connectivity index (χ2n) is 6.59. The summed E-state index contributed by atoms with van der Waals surface area (Å²) < 4.78 is 26.5. The summed E-state index contributed by atoms with van der Waals surface area (Å²) in [6.07, 6.45) is 5.12. The predicted octanol–water partition coefficient (Wildman–Crippen LogP) is 2.30. The van der Waals surface area contributed by atoms with Crippen molar-refractivity contribution in [3.05, 3.63) is 0 Å². The van der Waals surface area contributed by atoms with E-state index < -0.39 is 15.3 Å². The third-order valence-corrected chi connectivity index (χ3v) is 6.27. The molecule has 0 aromatic heterocycles. The molecule has 0 bridgehead atoms.